The second-order valence-corrected chi connectivity index (χ2v) is 8.55. The Balaban J connectivity index is 1.56. The highest BCUT2D eigenvalue weighted by Gasteiger charge is 2.11. The summed E-state index contributed by atoms with van der Waals surface area (Å²) in [7, 11) is 0. The van der Waals surface area contributed by atoms with Crippen LogP contribution in [0.2, 0.25) is 0 Å². The van der Waals surface area contributed by atoms with Crippen molar-refractivity contribution < 1.29 is 9.59 Å². The number of nitrogens with two attached hydrogens (primary N) is 1. The summed E-state index contributed by atoms with van der Waals surface area (Å²) < 4.78 is 0.848. The molecule has 0 fully saturated rings. The number of thiazole rings is 1. The first kappa shape index (κ1) is 19.5. The number of anilines is 1. The number of para-hydroxylation sites is 1. The lowest BCUT2D eigenvalue weighted by molar-refractivity contribution is -0.115. The lowest BCUT2D eigenvalue weighted by Crippen LogP contribution is -2.15. The van der Waals surface area contributed by atoms with Gasteiger partial charge in [-0.3, -0.25) is 9.59 Å². The van der Waals surface area contributed by atoms with E-state index in [1.165, 1.54) is 34.9 Å². The molecule has 0 saturated carbocycles. The second-order valence-electron chi connectivity index (χ2n) is 5.45. The fraction of sp³-hybridized carbons (Fsp3) is 0.105. The second kappa shape index (κ2) is 9.59. The summed E-state index contributed by atoms with van der Waals surface area (Å²) in [6, 6.07) is 17.3. The van der Waals surface area contributed by atoms with Crippen LogP contribution in [0.25, 0.3) is 11.3 Å². The standard InChI is InChI=1S/C19H17N3O2S3/c20-17(23)11-25-16-9-5-4-8-14(16)21-18(24)12-27-19-22-15(10-26-19)13-6-2-1-3-7-13/h1-10H,11-12H2,(H2,20,23)(H,21,24). The van der Waals surface area contributed by atoms with Crippen LogP contribution in [0.3, 0.4) is 0 Å². The van der Waals surface area contributed by atoms with E-state index in [2.05, 4.69) is 10.3 Å². The molecule has 0 spiro atoms. The Morgan fingerprint density at radius 3 is 2.52 bits per heavy atom. The average Bonchev–Trinajstić information content (AvgIpc) is 3.15. The van der Waals surface area contributed by atoms with Crippen LogP contribution >= 0.6 is 34.9 Å². The van der Waals surface area contributed by atoms with E-state index in [1.54, 1.807) is 0 Å². The van der Waals surface area contributed by atoms with Crippen molar-refractivity contribution in [2.45, 2.75) is 9.24 Å². The van der Waals surface area contributed by atoms with Crippen molar-refractivity contribution in [2.75, 3.05) is 16.8 Å². The maximum Gasteiger partial charge on any atom is 0.234 e. The highest BCUT2D eigenvalue weighted by Crippen LogP contribution is 2.29. The number of rotatable bonds is 8. The molecule has 0 aliphatic heterocycles. The summed E-state index contributed by atoms with van der Waals surface area (Å²) in [5, 5.41) is 4.88. The van der Waals surface area contributed by atoms with Crippen LogP contribution in [-0.4, -0.2) is 28.3 Å². The first-order chi connectivity index (χ1) is 13.1. The zero-order chi connectivity index (χ0) is 19.1. The summed E-state index contributed by atoms with van der Waals surface area (Å²) >= 11 is 4.23. The van der Waals surface area contributed by atoms with Crippen LogP contribution in [0.5, 0.6) is 0 Å². The molecule has 2 aromatic carbocycles. The number of aromatic nitrogens is 1. The van der Waals surface area contributed by atoms with Crippen molar-refractivity contribution in [2.24, 2.45) is 5.73 Å². The number of hydrogen-bond acceptors (Lipinski definition) is 6. The van der Waals surface area contributed by atoms with E-state index in [-0.39, 0.29) is 17.4 Å². The minimum Gasteiger partial charge on any atom is -0.369 e. The molecule has 1 aromatic heterocycles. The minimum absolute atomic E-state index is 0.122. The predicted molar refractivity (Wildman–Crippen MR) is 113 cm³/mol. The van der Waals surface area contributed by atoms with Crippen molar-refractivity contribution in [1.82, 2.24) is 4.98 Å². The van der Waals surface area contributed by atoms with Gasteiger partial charge in [-0.05, 0) is 12.1 Å². The van der Waals surface area contributed by atoms with E-state index in [1.807, 2.05) is 60.0 Å². The molecule has 138 valence electrons. The van der Waals surface area contributed by atoms with Crippen molar-refractivity contribution in [3.8, 4) is 11.3 Å². The number of carbonyl (C=O) groups excluding carboxylic acids is 2. The molecule has 0 unspecified atom stereocenters. The van der Waals surface area contributed by atoms with Crippen LogP contribution in [-0.2, 0) is 9.59 Å². The predicted octanol–water partition coefficient (Wildman–Crippen LogP) is 4.12. The number of thioether (sulfide) groups is 2. The summed E-state index contributed by atoms with van der Waals surface area (Å²) in [6.45, 7) is 0. The van der Waals surface area contributed by atoms with Gasteiger partial charge >= 0.3 is 0 Å². The van der Waals surface area contributed by atoms with Gasteiger partial charge in [-0.25, -0.2) is 4.98 Å². The quantitative estimate of drug-likeness (QED) is 0.541. The lowest BCUT2D eigenvalue weighted by atomic mass is 10.2. The fourth-order valence-corrected chi connectivity index (χ4v) is 4.61. The Labute approximate surface area is 169 Å². The van der Waals surface area contributed by atoms with Gasteiger partial charge in [0, 0.05) is 15.8 Å². The van der Waals surface area contributed by atoms with E-state index < -0.39 is 5.91 Å². The Hall–Kier alpha value is -2.29. The van der Waals surface area contributed by atoms with Gasteiger partial charge in [0.15, 0.2) is 4.34 Å². The number of nitrogens with one attached hydrogen (secondary N) is 1. The normalized spacial score (nSPS) is 10.5. The van der Waals surface area contributed by atoms with Crippen molar-refractivity contribution in [3.63, 3.8) is 0 Å². The third kappa shape index (κ3) is 5.85. The first-order valence-electron chi connectivity index (χ1n) is 8.05. The van der Waals surface area contributed by atoms with Crippen molar-refractivity contribution in [1.29, 1.82) is 0 Å². The van der Waals surface area contributed by atoms with Gasteiger partial charge in [0.25, 0.3) is 0 Å². The maximum atomic E-state index is 12.3. The minimum atomic E-state index is -0.394. The molecule has 8 heteroatoms. The summed E-state index contributed by atoms with van der Waals surface area (Å²) in [5.41, 5.74) is 7.84. The topological polar surface area (TPSA) is 85.1 Å². The highest BCUT2D eigenvalue weighted by atomic mass is 32.2. The van der Waals surface area contributed by atoms with E-state index in [0.717, 1.165) is 20.5 Å². The zero-order valence-corrected chi connectivity index (χ0v) is 16.7. The van der Waals surface area contributed by atoms with E-state index >= 15 is 0 Å². The van der Waals surface area contributed by atoms with Gasteiger partial charge in [-0.1, -0.05) is 54.2 Å². The van der Waals surface area contributed by atoms with Crippen LogP contribution in [0, 0.1) is 0 Å². The molecule has 0 atom stereocenters. The van der Waals surface area contributed by atoms with Gasteiger partial charge in [0.2, 0.25) is 11.8 Å². The number of amides is 2. The molecule has 0 saturated heterocycles. The maximum absolute atomic E-state index is 12.3. The average molecular weight is 416 g/mol. The number of benzene rings is 2. The number of primary amides is 1. The van der Waals surface area contributed by atoms with Crippen molar-refractivity contribution in [3.05, 3.63) is 60.0 Å². The van der Waals surface area contributed by atoms with Crippen LogP contribution in [0.1, 0.15) is 0 Å². The number of carbonyl (C=O) groups is 2. The molecular weight excluding hydrogens is 398 g/mol. The molecule has 27 heavy (non-hydrogen) atoms. The van der Waals surface area contributed by atoms with Crippen LogP contribution in [0.4, 0.5) is 5.69 Å². The van der Waals surface area contributed by atoms with Gasteiger partial charge in [-0.15, -0.1) is 23.1 Å². The number of hydrogen-bond donors (Lipinski definition) is 2. The molecule has 0 aliphatic carbocycles. The van der Waals surface area contributed by atoms with Gasteiger partial charge < -0.3 is 11.1 Å². The summed E-state index contributed by atoms with van der Waals surface area (Å²) in [4.78, 5) is 28.7. The Kier molecular flexibility index (Phi) is 6.92. The Morgan fingerprint density at radius 1 is 1.00 bits per heavy atom. The van der Waals surface area contributed by atoms with Gasteiger partial charge in [0.1, 0.15) is 0 Å². The lowest BCUT2D eigenvalue weighted by Gasteiger charge is -2.09. The Morgan fingerprint density at radius 2 is 1.74 bits per heavy atom. The third-order valence-corrected chi connectivity index (χ3v) is 6.53. The van der Waals surface area contributed by atoms with E-state index in [9.17, 15) is 9.59 Å². The smallest absolute Gasteiger partial charge is 0.234 e. The molecule has 5 nitrogen and oxygen atoms in total. The molecule has 2 amide bonds. The van der Waals surface area contributed by atoms with Gasteiger partial charge in [0.05, 0.1) is 22.9 Å². The molecule has 0 radical (unpaired) electrons. The molecule has 3 N–H and O–H groups in total. The first-order valence-corrected chi connectivity index (χ1v) is 10.9. The molecule has 0 bridgehead atoms. The van der Waals surface area contributed by atoms with E-state index in [0.29, 0.717) is 5.69 Å². The largest absolute Gasteiger partial charge is 0.369 e. The molecule has 3 aromatic rings. The SMILES string of the molecule is NC(=O)CSc1ccccc1NC(=O)CSc1nc(-c2ccccc2)cs1. The molecular formula is C19H17N3O2S3. The Bertz CT molecular complexity index is 929. The monoisotopic (exact) mass is 415 g/mol. The van der Waals surface area contributed by atoms with E-state index in [4.69, 9.17) is 5.73 Å². The van der Waals surface area contributed by atoms with Gasteiger partial charge in [-0.2, -0.15) is 0 Å². The fourth-order valence-electron chi connectivity index (χ4n) is 2.22. The van der Waals surface area contributed by atoms with Crippen molar-refractivity contribution >= 4 is 52.4 Å². The molecule has 3 rings (SSSR count). The third-order valence-electron chi connectivity index (χ3n) is 3.41. The summed E-state index contributed by atoms with van der Waals surface area (Å²) in [6.07, 6.45) is 0. The van der Waals surface area contributed by atoms with Crippen LogP contribution < -0.4 is 11.1 Å². The number of nitrogens with zero attached hydrogens (tertiary/aromatic N) is 1. The molecule has 1 heterocycles. The zero-order valence-electron chi connectivity index (χ0n) is 14.3. The van der Waals surface area contributed by atoms with Crippen LogP contribution in [0.15, 0.2) is 69.2 Å². The highest BCUT2D eigenvalue weighted by molar-refractivity contribution is 8.01. The summed E-state index contributed by atoms with van der Waals surface area (Å²) in [5.74, 6) is -0.0854. The molecule has 0 aliphatic rings.